The number of rotatable bonds is 1. The average molecular weight is 235 g/mol. The van der Waals surface area contributed by atoms with E-state index in [1.807, 2.05) is 13.8 Å². The Morgan fingerprint density at radius 1 is 1.27 bits per heavy atom. The van der Waals surface area contributed by atoms with Crippen LogP contribution in [0.1, 0.15) is 40.0 Å². The van der Waals surface area contributed by atoms with E-state index < -0.39 is 14.9 Å². The lowest BCUT2D eigenvalue weighted by Crippen LogP contribution is -2.46. The predicted molar refractivity (Wildman–Crippen MR) is 56.8 cm³/mol. The van der Waals surface area contributed by atoms with Crippen LogP contribution in [-0.2, 0) is 10.1 Å². The number of nitrogens with zero attached hydrogens (tertiary/aromatic N) is 1. The van der Waals surface area contributed by atoms with Crippen molar-refractivity contribution in [3.8, 4) is 0 Å². The molecule has 1 aliphatic carbocycles. The lowest BCUT2D eigenvalue weighted by molar-refractivity contribution is 0.250. The molecule has 0 aromatic rings. The van der Waals surface area contributed by atoms with Gasteiger partial charge in [0.05, 0.1) is 5.71 Å². The highest BCUT2D eigenvalue weighted by Crippen LogP contribution is 2.43. The molecule has 1 rings (SSSR count). The molecule has 0 aliphatic heterocycles. The summed E-state index contributed by atoms with van der Waals surface area (Å²) in [5.74, 6) is 0. The molecule has 1 fully saturated rings. The third-order valence-electron chi connectivity index (χ3n) is 2.88. The summed E-state index contributed by atoms with van der Waals surface area (Å²) in [7, 11) is -4.13. The van der Waals surface area contributed by atoms with E-state index in [-0.39, 0.29) is 11.8 Å². The molecule has 88 valence electrons. The van der Waals surface area contributed by atoms with Crippen LogP contribution in [0.25, 0.3) is 0 Å². The molecule has 0 spiro atoms. The van der Waals surface area contributed by atoms with E-state index in [2.05, 4.69) is 5.16 Å². The largest absolute Gasteiger partial charge is 0.411 e. The first-order valence-electron chi connectivity index (χ1n) is 4.76. The minimum absolute atomic E-state index is 0.0891. The van der Waals surface area contributed by atoms with Crippen LogP contribution < -0.4 is 0 Å². The minimum atomic E-state index is -4.13. The van der Waals surface area contributed by atoms with Crippen molar-refractivity contribution in [2.75, 3.05) is 0 Å². The summed E-state index contributed by atoms with van der Waals surface area (Å²) in [6.45, 7) is 5.26. The van der Waals surface area contributed by atoms with Crippen LogP contribution in [0.4, 0.5) is 0 Å². The standard InChI is InChI=1S/C9H17NO4S/c1-8(2)4-7(10-11)5-9(3,6-8)15(12,13)14/h11H,4-6H2,1-3H3,(H,12,13,14)/b10-7-. The molecule has 1 saturated carbocycles. The molecule has 0 saturated heterocycles. The van der Waals surface area contributed by atoms with Crippen molar-refractivity contribution in [1.82, 2.24) is 0 Å². The Balaban J connectivity index is 3.14. The lowest BCUT2D eigenvalue weighted by Gasteiger charge is -2.40. The summed E-state index contributed by atoms with van der Waals surface area (Å²) in [6, 6.07) is 0. The molecule has 1 unspecified atom stereocenters. The SMILES string of the molecule is CC1(C)C/C(=N/O)CC(C)(S(=O)(=O)O)C1. The first-order valence-corrected chi connectivity index (χ1v) is 6.21. The van der Waals surface area contributed by atoms with Crippen molar-refractivity contribution in [2.45, 2.75) is 44.8 Å². The van der Waals surface area contributed by atoms with Crippen LogP contribution in [0.2, 0.25) is 0 Å². The third-order valence-corrected chi connectivity index (χ3v) is 4.41. The highest BCUT2D eigenvalue weighted by Gasteiger charge is 2.47. The maximum Gasteiger partial charge on any atom is 0.270 e. The maximum atomic E-state index is 11.3. The predicted octanol–water partition coefficient (Wildman–Crippen LogP) is 1.67. The first kappa shape index (κ1) is 12.4. The van der Waals surface area contributed by atoms with Crippen LogP contribution >= 0.6 is 0 Å². The number of hydrogen-bond donors (Lipinski definition) is 2. The van der Waals surface area contributed by atoms with E-state index in [0.717, 1.165) is 0 Å². The van der Waals surface area contributed by atoms with E-state index in [0.29, 0.717) is 18.6 Å². The summed E-state index contributed by atoms with van der Waals surface area (Å²) in [6.07, 6.45) is 0.998. The average Bonchev–Trinajstić information content (AvgIpc) is 1.98. The molecule has 0 amide bonds. The number of oxime groups is 1. The summed E-state index contributed by atoms with van der Waals surface area (Å²) < 4.78 is 30.5. The van der Waals surface area contributed by atoms with Gasteiger partial charge in [0.2, 0.25) is 0 Å². The fourth-order valence-electron chi connectivity index (χ4n) is 2.44. The van der Waals surface area contributed by atoms with Gasteiger partial charge in [0.1, 0.15) is 4.75 Å². The summed E-state index contributed by atoms with van der Waals surface area (Å²) in [5, 5.41) is 11.8. The Bertz CT molecular complexity index is 385. The van der Waals surface area contributed by atoms with Crippen LogP contribution in [0.5, 0.6) is 0 Å². The molecular formula is C9H17NO4S. The Morgan fingerprint density at radius 2 is 1.80 bits per heavy atom. The molecule has 15 heavy (non-hydrogen) atoms. The fraction of sp³-hybridized carbons (Fsp3) is 0.889. The second kappa shape index (κ2) is 3.45. The molecule has 1 atom stereocenters. The van der Waals surface area contributed by atoms with E-state index >= 15 is 0 Å². The van der Waals surface area contributed by atoms with E-state index in [1.165, 1.54) is 6.92 Å². The van der Waals surface area contributed by atoms with Crippen molar-refractivity contribution in [3.63, 3.8) is 0 Å². The van der Waals surface area contributed by atoms with E-state index in [4.69, 9.17) is 5.21 Å². The van der Waals surface area contributed by atoms with Gasteiger partial charge in [-0.25, -0.2) is 0 Å². The molecule has 0 aromatic heterocycles. The van der Waals surface area contributed by atoms with Gasteiger partial charge in [-0.15, -0.1) is 0 Å². The molecule has 0 radical (unpaired) electrons. The van der Waals surface area contributed by atoms with Crippen molar-refractivity contribution < 1.29 is 18.2 Å². The molecule has 0 aromatic carbocycles. The quantitative estimate of drug-likeness (QED) is 0.411. The van der Waals surface area contributed by atoms with Crippen molar-refractivity contribution in [3.05, 3.63) is 0 Å². The van der Waals surface area contributed by atoms with Gasteiger partial charge >= 0.3 is 0 Å². The van der Waals surface area contributed by atoms with Gasteiger partial charge in [0, 0.05) is 6.42 Å². The molecule has 0 heterocycles. The summed E-state index contributed by atoms with van der Waals surface area (Å²) >= 11 is 0. The van der Waals surface area contributed by atoms with Crippen LogP contribution in [0.15, 0.2) is 5.16 Å². The fourth-order valence-corrected chi connectivity index (χ4v) is 3.36. The summed E-state index contributed by atoms with van der Waals surface area (Å²) in [4.78, 5) is 0. The summed E-state index contributed by atoms with van der Waals surface area (Å²) in [5.41, 5.74) is 0.135. The zero-order valence-corrected chi connectivity index (χ0v) is 10.0. The Morgan fingerprint density at radius 3 is 2.20 bits per heavy atom. The minimum Gasteiger partial charge on any atom is -0.411 e. The van der Waals surface area contributed by atoms with E-state index in [1.54, 1.807) is 0 Å². The molecule has 6 heteroatoms. The Kier molecular flexibility index (Phi) is 2.86. The highest BCUT2D eigenvalue weighted by atomic mass is 32.2. The third kappa shape index (κ3) is 2.49. The second-order valence-corrected chi connectivity index (χ2v) is 7.22. The zero-order valence-electron chi connectivity index (χ0n) is 9.19. The van der Waals surface area contributed by atoms with Crippen molar-refractivity contribution >= 4 is 15.8 Å². The zero-order chi connectivity index (χ0) is 11.9. The molecule has 5 nitrogen and oxygen atoms in total. The lowest BCUT2D eigenvalue weighted by atomic mass is 9.71. The van der Waals surface area contributed by atoms with Crippen molar-refractivity contribution in [2.24, 2.45) is 10.6 Å². The van der Waals surface area contributed by atoms with Crippen LogP contribution in [-0.4, -0.2) is 28.6 Å². The molecule has 2 N–H and O–H groups in total. The highest BCUT2D eigenvalue weighted by molar-refractivity contribution is 7.87. The van der Waals surface area contributed by atoms with Gasteiger partial charge in [0.15, 0.2) is 0 Å². The van der Waals surface area contributed by atoms with Gasteiger partial charge < -0.3 is 5.21 Å². The smallest absolute Gasteiger partial charge is 0.270 e. The molecule has 0 bridgehead atoms. The van der Waals surface area contributed by atoms with Gasteiger partial charge in [-0.2, -0.15) is 8.42 Å². The van der Waals surface area contributed by atoms with Crippen LogP contribution in [0.3, 0.4) is 0 Å². The maximum absolute atomic E-state index is 11.3. The molecule has 1 aliphatic rings. The van der Waals surface area contributed by atoms with Gasteiger partial charge in [0.25, 0.3) is 10.1 Å². The first-order chi connectivity index (χ1) is 6.60. The van der Waals surface area contributed by atoms with Gasteiger partial charge in [-0.1, -0.05) is 19.0 Å². The van der Waals surface area contributed by atoms with Crippen molar-refractivity contribution in [1.29, 1.82) is 0 Å². The Hall–Kier alpha value is -0.620. The normalized spacial score (nSPS) is 34.3. The second-order valence-electron chi connectivity index (χ2n) is 5.29. The van der Waals surface area contributed by atoms with Crippen LogP contribution in [0, 0.1) is 5.41 Å². The Labute approximate surface area is 89.9 Å². The number of hydrogen-bond acceptors (Lipinski definition) is 4. The van der Waals surface area contributed by atoms with Gasteiger partial charge in [-0.05, 0) is 25.2 Å². The topological polar surface area (TPSA) is 87.0 Å². The molecular weight excluding hydrogens is 218 g/mol. The monoisotopic (exact) mass is 235 g/mol. The van der Waals surface area contributed by atoms with Gasteiger partial charge in [-0.3, -0.25) is 4.55 Å². The van der Waals surface area contributed by atoms with E-state index in [9.17, 15) is 13.0 Å².